The number of rotatable bonds is 6. The first-order valence-electron chi connectivity index (χ1n) is 13.6. The normalized spacial score (nSPS) is 16.6. The first-order chi connectivity index (χ1) is 19.3. The molecular formula is C31H36N6O3. The SMILES string of the molecule is CC1=C(N=NNC(=O)Nc2ccc(-c3ccc(CN4CCOCC4)nc3)c3ccccc23)C=C(C(C)(C)C)CO1. The second kappa shape index (κ2) is 12.0. The number of pyridine rings is 1. The van der Waals surface area contributed by atoms with E-state index in [2.05, 4.69) is 58.9 Å². The van der Waals surface area contributed by atoms with E-state index in [4.69, 9.17) is 14.5 Å². The van der Waals surface area contributed by atoms with Crippen molar-refractivity contribution in [3.63, 3.8) is 0 Å². The molecule has 0 bridgehead atoms. The summed E-state index contributed by atoms with van der Waals surface area (Å²) in [6.45, 7) is 13.0. The topological polar surface area (TPSA) is 100 Å². The zero-order valence-electron chi connectivity index (χ0n) is 23.5. The standard InChI is InChI=1S/C31H36N6O3/c1-21-29(17-23(20-40-21)31(2,3)4)34-36-35-30(38)33-28-12-11-25(26-7-5-6-8-27(26)28)22-9-10-24(32-18-22)19-37-13-15-39-16-14-37/h5-12,17-18H,13-16,19-20H2,1-4H3,(H2,33,34,35,38). The second-order valence-corrected chi connectivity index (χ2v) is 11.0. The average molecular weight is 541 g/mol. The van der Waals surface area contributed by atoms with E-state index >= 15 is 0 Å². The van der Waals surface area contributed by atoms with Crippen molar-refractivity contribution in [1.82, 2.24) is 15.3 Å². The van der Waals surface area contributed by atoms with E-state index < -0.39 is 6.03 Å². The van der Waals surface area contributed by atoms with Crippen molar-refractivity contribution in [1.29, 1.82) is 0 Å². The van der Waals surface area contributed by atoms with Gasteiger partial charge in [-0.3, -0.25) is 9.88 Å². The van der Waals surface area contributed by atoms with Crippen LogP contribution in [0.5, 0.6) is 0 Å². The van der Waals surface area contributed by atoms with Gasteiger partial charge in [0, 0.05) is 36.8 Å². The molecule has 0 aliphatic carbocycles. The van der Waals surface area contributed by atoms with Gasteiger partial charge in [-0.1, -0.05) is 62.4 Å². The summed E-state index contributed by atoms with van der Waals surface area (Å²) >= 11 is 0. The third-order valence-electron chi connectivity index (χ3n) is 7.19. The fourth-order valence-electron chi connectivity index (χ4n) is 4.70. The maximum absolute atomic E-state index is 12.7. The van der Waals surface area contributed by atoms with Gasteiger partial charge in [-0.25, -0.2) is 10.2 Å². The molecule has 0 atom stereocenters. The summed E-state index contributed by atoms with van der Waals surface area (Å²) in [4.78, 5) is 19.8. The Morgan fingerprint density at radius 3 is 2.55 bits per heavy atom. The summed E-state index contributed by atoms with van der Waals surface area (Å²) in [7, 11) is 0. The van der Waals surface area contributed by atoms with Crippen LogP contribution in [0.1, 0.15) is 33.4 Å². The quantitative estimate of drug-likeness (QED) is 0.276. The van der Waals surface area contributed by atoms with E-state index in [1.165, 1.54) is 0 Å². The summed E-state index contributed by atoms with van der Waals surface area (Å²) in [5.74, 6) is 0.671. The van der Waals surface area contributed by atoms with Crippen LogP contribution in [0.3, 0.4) is 0 Å². The first-order valence-corrected chi connectivity index (χ1v) is 13.6. The van der Waals surface area contributed by atoms with Gasteiger partial charge in [0.1, 0.15) is 18.1 Å². The van der Waals surface area contributed by atoms with E-state index in [0.29, 0.717) is 23.8 Å². The van der Waals surface area contributed by atoms with Crippen LogP contribution >= 0.6 is 0 Å². The number of carbonyl (C=O) groups is 1. The molecule has 208 valence electrons. The summed E-state index contributed by atoms with van der Waals surface area (Å²) < 4.78 is 11.2. The minimum atomic E-state index is -0.481. The second-order valence-electron chi connectivity index (χ2n) is 11.0. The highest BCUT2D eigenvalue weighted by atomic mass is 16.5. The lowest BCUT2D eigenvalue weighted by Gasteiger charge is -2.26. The number of fused-ring (bicyclic) bond motifs is 1. The highest BCUT2D eigenvalue weighted by molar-refractivity contribution is 6.07. The van der Waals surface area contributed by atoms with Gasteiger partial charge >= 0.3 is 6.03 Å². The largest absolute Gasteiger partial charge is 0.492 e. The molecule has 0 radical (unpaired) electrons. The molecular weight excluding hydrogens is 504 g/mol. The van der Waals surface area contributed by atoms with Crippen LogP contribution in [-0.2, 0) is 16.0 Å². The number of nitrogens with zero attached hydrogens (tertiary/aromatic N) is 4. The van der Waals surface area contributed by atoms with Crippen LogP contribution in [0.15, 0.2) is 88.2 Å². The summed E-state index contributed by atoms with van der Waals surface area (Å²) in [5.41, 5.74) is 7.92. The molecule has 9 nitrogen and oxygen atoms in total. The van der Waals surface area contributed by atoms with Crippen LogP contribution in [0, 0.1) is 5.41 Å². The molecule has 5 rings (SSSR count). The van der Waals surface area contributed by atoms with Crippen molar-refractivity contribution in [3.05, 3.63) is 83.5 Å². The Morgan fingerprint density at radius 2 is 1.82 bits per heavy atom. The molecule has 2 aliphatic heterocycles. The molecule has 0 saturated carbocycles. The molecule has 9 heteroatoms. The lowest BCUT2D eigenvalue weighted by atomic mass is 9.85. The molecule has 2 aromatic carbocycles. The molecule has 1 aromatic heterocycles. The number of ether oxygens (including phenoxy) is 2. The number of carbonyl (C=O) groups excluding carboxylic acids is 1. The molecule has 3 heterocycles. The molecule has 1 fully saturated rings. The van der Waals surface area contributed by atoms with Gasteiger partial charge < -0.3 is 14.8 Å². The highest BCUT2D eigenvalue weighted by Crippen LogP contribution is 2.34. The molecule has 0 unspecified atom stereocenters. The number of amides is 2. The lowest BCUT2D eigenvalue weighted by Crippen LogP contribution is -2.35. The number of hydrogen-bond donors (Lipinski definition) is 2. The Labute approximate surface area is 235 Å². The van der Waals surface area contributed by atoms with Crippen molar-refractivity contribution in [3.8, 4) is 11.1 Å². The van der Waals surface area contributed by atoms with E-state index in [-0.39, 0.29) is 5.41 Å². The van der Waals surface area contributed by atoms with E-state index in [1.54, 1.807) is 0 Å². The number of urea groups is 1. The van der Waals surface area contributed by atoms with Gasteiger partial charge in [-0.15, -0.1) is 5.11 Å². The third kappa shape index (κ3) is 6.55. The monoisotopic (exact) mass is 540 g/mol. The Hall–Kier alpha value is -4.08. The molecule has 0 spiro atoms. The maximum atomic E-state index is 12.7. The molecule has 3 aromatic rings. The predicted molar refractivity (Wildman–Crippen MR) is 156 cm³/mol. The number of nitrogens with one attached hydrogen (secondary N) is 2. The van der Waals surface area contributed by atoms with Crippen molar-refractivity contribution in [2.45, 2.75) is 34.2 Å². The van der Waals surface area contributed by atoms with E-state index in [0.717, 1.165) is 66.0 Å². The van der Waals surface area contributed by atoms with Gasteiger partial charge in [-0.05, 0) is 47.1 Å². The number of aromatic nitrogens is 1. The molecule has 40 heavy (non-hydrogen) atoms. The molecule has 2 N–H and O–H groups in total. The first kappa shape index (κ1) is 27.5. The minimum absolute atomic E-state index is 0.0412. The maximum Gasteiger partial charge on any atom is 0.341 e. The summed E-state index contributed by atoms with van der Waals surface area (Å²) in [6, 6.07) is 15.6. The zero-order valence-corrected chi connectivity index (χ0v) is 23.5. The van der Waals surface area contributed by atoms with Crippen LogP contribution < -0.4 is 10.7 Å². The Balaban J connectivity index is 1.28. The van der Waals surface area contributed by atoms with Gasteiger partial charge in [0.15, 0.2) is 0 Å². The van der Waals surface area contributed by atoms with Gasteiger partial charge in [0.05, 0.1) is 24.6 Å². The third-order valence-corrected chi connectivity index (χ3v) is 7.19. The molecule has 2 aliphatic rings. The van der Waals surface area contributed by atoms with Crippen molar-refractivity contribution < 1.29 is 14.3 Å². The Morgan fingerprint density at radius 1 is 1.05 bits per heavy atom. The fourth-order valence-corrected chi connectivity index (χ4v) is 4.70. The Kier molecular flexibility index (Phi) is 8.23. The van der Waals surface area contributed by atoms with Crippen LogP contribution in [0.2, 0.25) is 0 Å². The average Bonchev–Trinajstić information content (AvgIpc) is 2.95. The number of anilines is 1. The van der Waals surface area contributed by atoms with Crippen molar-refractivity contribution >= 4 is 22.5 Å². The number of morpholine rings is 1. The Bertz CT molecular complexity index is 1460. The molecule has 1 saturated heterocycles. The van der Waals surface area contributed by atoms with Gasteiger partial charge in [-0.2, -0.15) is 0 Å². The van der Waals surface area contributed by atoms with E-state index in [1.807, 2.05) is 55.6 Å². The predicted octanol–water partition coefficient (Wildman–Crippen LogP) is 6.46. The van der Waals surface area contributed by atoms with Crippen LogP contribution in [0.4, 0.5) is 10.5 Å². The lowest BCUT2D eigenvalue weighted by molar-refractivity contribution is 0.0336. The zero-order chi connectivity index (χ0) is 28.1. The van der Waals surface area contributed by atoms with Crippen molar-refractivity contribution in [2.75, 3.05) is 38.2 Å². The fraction of sp³-hybridized carbons (Fsp3) is 0.355. The minimum Gasteiger partial charge on any atom is -0.492 e. The number of benzene rings is 2. The smallest absolute Gasteiger partial charge is 0.341 e. The summed E-state index contributed by atoms with van der Waals surface area (Å²) in [6.07, 6.45) is 3.89. The number of hydrogen-bond acceptors (Lipinski definition) is 7. The van der Waals surface area contributed by atoms with Crippen LogP contribution in [0.25, 0.3) is 21.9 Å². The summed E-state index contributed by atoms with van der Waals surface area (Å²) in [5, 5.41) is 12.9. The highest BCUT2D eigenvalue weighted by Gasteiger charge is 2.22. The van der Waals surface area contributed by atoms with Gasteiger partial charge in [0.2, 0.25) is 0 Å². The number of allylic oxidation sites excluding steroid dienone is 2. The van der Waals surface area contributed by atoms with Gasteiger partial charge in [0.25, 0.3) is 0 Å². The molecule has 2 amide bonds. The van der Waals surface area contributed by atoms with E-state index in [9.17, 15) is 4.79 Å². The van der Waals surface area contributed by atoms with Crippen LogP contribution in [-0.4, -0.2) is 48.8 Å². The van der Waals surface area contributed by atoms with Crippen molar-refractivity contribution in [2.24, 2.45) is 15.8 Å².